The quantitative estimate of drug-likeness (QED) is 0.806. The fourth-order valence-electron chi connectivity index (χ4n) is 3.34. The maximum Gasteiger partial charge on any atom is 0.237 e. The number of nitrogens with one attached hydrogen (secondary N) is 1. The zero-order valence-corrected chi connectivity index (χ0v) is 14.3. The number of benzene rings is 1. The summed E-state index contributed by atoms with van der Waals surface area (Å²) < 4.78 is 5.31. The molecule has 5 heteroatoms. The van der Waals surface area contributed by atoms with E-state index in [1.807, 2.05) is 38.1 Å². The van der Waals surface area contributed by atoms with Crippen molar-refractivity contribution in [1.29, 1.82) is 0 Å². The number of hydrogen-bond acceptors (Lipinski definition) is 4. The standard InChI is InChI=1S/C18H28N2O3/c1-13(21)11-16-8-6-10-20(16)14(2)18(22)19-12-15-7-4-5-9-17(15)23-3/h4-5,7,9,13-14,16,21H,6,8,10-12H2,1-3H3,(H,19,22). The first-order valence-electron chi connectivity index (χ1n) is 8.36. The van der Waals surface area contributed by atoms with Crippen LogP contribution in [0.4, 0.5) is 0 Å². The van der Waals surface area contributed by atoms with Gasteiger partial charge >= 0.3 is 0 Å². The highest BCUT2D eigenvalue weighted by atomic mass is 16.5. The van der Waals surface area contributed by atoms with Gasteiger partial charge in [0.2, 0.25) is 5.91 Å². The number of methoxy groups -OCH3 is 1. The lowest BCUT2D eigenvalue weighted by Gasteiger charge is -2.30. The predicted octanol–water partition coefficient (Wildman–Crippen LogP) is 1.94. The average Bonchev–Trinajstić information content (AvgIpc) is 2.99. The van der Waals surface area contributed by atoms with Crippen LogP contribution in [0.25, 0.3) is 0 Å². The first-order chi connectivity index (χ1) is 11.0. The predicted molar refractivity (Wildman–Crippen MR) is 90.3 cm³/mol. The number of nitrogens with zero attached hydrogens (tertiary/aromatic N) is 1. The summed E-state index contributed by atoms with van der Waals surface area (Å²) in [4.78, 5) is 14.7. The van der Waals surface area contributed by atoms with E-state index in [-0.39, 0.29) is 18.1 Å². The lowest BCUT2D eigenvalue weighted by atomic mass is 10.1. The molecule has 0 aromatic heterocycles. The molecule has 0 spiro atoms. The van der Waals surface area contributed by atoms with E-state index in [1.165, 1.54) is 0 Å². The molecule has 1 aromatic carbocycles. The van der Waals surface area contributed by atoms with Gasteiger partial charge in [0.1, 0.15) is 5.75 Å². The molecule has 1 amide bonds. The molecule has 0 radical (unpaired) electrons. The molecule has 1 aliphatic heterocycles. The summed E-state index contributed by atoms with van der Waals surface area (Å²) in [5.74, 6) is 0.807. The van der Waals surface area contributed by atoms with Crippen molar-refractivity contribution in [2.75, 3.05) is 13.7 Å². The van der Waals surface area contributed by atoms with Gasteiger partial charge in [-0.15, -0.1) is 0 Å². The number of likely N-dealkylation sites (tertiary alicyclic amines) is 1. The van der Waals surface area contributed by atoms with Gasteiger partial charge in [0, 0.05) is 18.2 Å². The van der Waals surface area contributed by atoms with Crippen LogP contribution in [0.5, 0.6) is 5.75 Å². The van der Waals surface area contributed by atoms with Crippen molar-refractivity contribution in [2.45, 2.75) is 57.8 Å². The van der Waals surface area contributed by atoms with Crippen LogP contribution < -0.4 is 10.1 Å². The molecule has 3 atom stereocenters. The second-order valence-electron chi connectivity index (χ2n) is 6.32. The fourth-order valence-corrected chi connectivity index (χ4v) is 3.34. The van der Waals surface area contributed by atoms with Gasteiger partial charge in [0.25, 0.3) is 0 Å². The minimum atomic E-state index is -0.329. The highest BCUT2D eigenvalue weighted by Crippen LogP contribution is 2.24. The molecule has 1 heterocycles. The molecule has 1 aromatic rings. The van der Waals surface area contributed by atoms with Gasteiger partial charge in [0.05, 0.1) is 19.3 Å². The monoisotopic (exact) mass is 320 g/mol. The largest absolute Gasteiger partial charge is 0.496 e. The maximum atomic E-state index is 12.5. The Bertz CT molecular complexity index is 519. The van der Waals surface area contributed by atoms with E-state index in [9.17, 15) is 9.90 Å². The van der Waals surface area contributed by atoms with Crippen LogP contribution in [0.15, 0.2) is 24.3 Å². The number of carbonyl (C=O) groups is 1. The van der Waals surface area contributed by atoms with E-state index in [0.717, 1.165) is 37.1 Å². The van der Waals surface area contributed by atoms with Crippen molar-refractivity contribution in [2.24, 2.45) is 0 Å². The first-order valence-corrected chi connectivity index (χ1v) is 8.36. The summed E-state index contributed by atoms with van der Waals surface area (Å²) in [7, 11) is 1.63. The number of ether oxygens (including phenoxy) is 1. The zero-order chi connectivity index (χ0) is 16.8. The highest BCUT2D eigenvalue weighted by Gasteiger charge is 2.32. The third-order valence-corrected chi connectivity index (χ3v) is 4.56. The van der Waals surface area contributed by atoms with E-state index in [0.29, 0.717) is 12.6 Å². The summed E-state index contributed by atoms with van der Waals surface area (Å²) in [5.41, 5.74) is 0.970. The Labute approximate surface area is 138 Å². The van der Waals surface area contributed by atoms with Crippen LogP contribution in [0.3, 0.4) is 0 Å². The SMILES string of the molecule is COc1ccccc1CNC(=O)C(C)N1CCCC1CC(C)O. The van der Waals surface area contributed by atoms with Crippen LogP contribution in [-0.4, -0.2) is 47.8 Å². The second-order valence-corrected chi connectivity index (χ2v) is 6.32. The van der Waals surface area contributed by atoms with Crippen molar-refractivity contribution in [3.8, 4) is 5.75 Å². The number of rotatable bonds is 7. The van der Waals surface area contributed by atoms with Gasteiger partial charge in [-0.25, -0.2) is 0 Å². The lowest BCUT2D eigenvalue weighted by Crippen LogP contribution is -2.47. The molecule has 0 saturated carbocycles. The molecule has 1 fully saturated rings. The Balaban J connectivity index is 1.92. The molecule has 23 heavy (non-hydrogen) atoms. The topological polar surface area (TPSA) is 61.8 Å². The van der Waals surface area contributed by atoms with Crippen molar-refractivity contribution < 1.29 is 14.6 Å². The maximum absolute atomic E-state index is 12.5. The van der Waals surface area contributed by atoms with Gasteiger partial charge in [-0.2, -0.15) is 0 Å². The van der Waals surface area contributed by atoms with Crippen molar-refractivity contribution in [3.63, 3.8) is 0 Å². The molecule has 0 bridgehead atoms. The minimum Gasteiger partial charge on any atom is -0.496 e. The Morgan fingerprint density at radius 2 is 2.17 bits per heavy atom. The lowest BCUT2D eigenvalue weighted by molar-refractivity contribution is -0.126. The Kier molecular flexibility index (Phi) is 6.42. The average molecular weight is 320 g/mol. The van der Waals surface area contributed by atoms with E-state index in [4.69, 9.17) is 4.74 Å². The summed E-state index contributed by atoms with van der Waals surface area (Å²) >= 11 is 0. The zero-order valence-electron chi connectivity index (χ0n) is 14.3. The van der Waals surface area contributed by atoms with Crippen molar-refractivity contribution in [3.05, 3.63) is 29.8 Å². The van der Waals surface area contributed by atoms with Crippen LogP contribution >= 0.6 is 0 Å². The number of hydrogen-bond donors (Lipinski definition) is 2. The number of carbonyl (C=O) groups excluding carboxylic acids is 1. The third kappa shape index (κ3) is 4.69. The van der Waals surface area contributed by atoms with Gasteiger partial charge in [-0.3, -0.25) is 9.69 Å². The molecular weight excluding hydrogens is 292 g/mol. The Morgan fingerprint density at radius 1 is 1.43 bits per heavy atom. The van der Waals surface area contributed by atoms with E-state index < -0.39 is 0 Å². The van der Waals surface area contributed by atoms with Crippen LogP contribution in [-0.2, 0) is 11.3 Å². The second kappa shape index (κ2) is 8.31. The van der Waals surface area contributed by atoms with Crippen molar-refractivity contribution >= 4 is 5.91 Å². The first kappa shape index (κ1) is 17.8. The molecule has 5 nitrogen and oxygen atoms in total. The Hall–Kier alpha value is -1.59. The van der Waals surface area contributed by atoms with Gasteiger partial charge in [-0.05, 0) is 45.7 Å². The highest BCUT2D eigenvalue weighted by molar-refractivity contribution is 5.81. The normalized spacial score (nSPS) is 21.0. The summed E-state index contributed by atoms with van der Waals surface area (Å²) in [6, 6.07) is 7.81. The molecule has 3 unspecified atom stereocenters. The fraction of sp³-hybridized carbons (Fsp3) is 0.611. The van der Waals surface area contributed by atoms with Gasteiger partial charge in [-0.1, -0.05) is 18.2 Å². The summed E-state index contributed by atoms with van der Waals surface area (Å²) in [6.07, 6.45) is 2.53. The summed E-state index contributed by atoms with van der Waals surface area (Å²) in [6.45, 7) is 5.13. The van der Waals surface area contributed by atoms with Crippen molar-refractivity contribution in [1.82, 2.24) is 10.2 Å². The smallest absolute Gasteiger partial charge is 0.237 e. The molecule has 1 saturated heterocycles. The van der Waals surface area contributed by atoms with Crippen LogP contribution in [0.2, 0.25) is 0 Å². The van der Waals surface area contributed by atoms with Gasteiger partial charge in [0.15, 0.2) is 0 Å². The molecular formula is C18H28N2O3. The number of aliphatic hydroxyl groups excluding tert-OH is 1. The van der Waals surface area contributed by atoms with E-state index in [1.54, 1.807) is 7.11 Å². The molecule has 1 aliphatic rings. The van der Waals surface area contributed by atoms with Crippen LogP contribution in [0, 0.1) is 0 Å². The number of para-hydroxylation sites is 1. The molecule has 2 rings (SSSR count). The van der Waals surface area contributed by atoms with E-state index >= 15 is 0 Å². The number of aliphatic hydroxyl groups is 1. The van der Waals surface area contributed by atoms with E-state index in [2.05, 4.69) is 10.2 Å². The third-order valence-electron chi connectivity index (χ3n) is 4.56. The molecule has 2 N–H and O–H groups in total. The number of amides is 1. The Morgan fingerprint density at radius 3 is 2.87 bits per heavy atom. The van der Waals surface area contributed by atoms with Crippen LogP contribution in [0.1, 0.15) is 38.7 Å². The molecule has 128 valence electrons. The minimum absolute atomic E-state index is 0.0217. The molecule has 0 aliphatic carbocycles. The van der Waals surface area contributed by atoms with Gasteiger partial charge < -0.3 is 15.2 Å². The summed E-state index contributed by atoms with van der Waals surface area (Å²) in [5, 5.41) is 12.6.